The molecule has 0 spiro atoms. The summed E-state index contributed by atoms with van der Waals surface area (Å²) >= 11 is 0. The zero-order valence-electron chi connectivity index (χ0n) is 24.7. The first kappa shape index (κ1) is 32.3. The van der Waals surface area contributed by atoms with E-state index in [0.29, 0.717) is 29.5 Å². The van der Waals surface area contributed by atoms with Gasteiger partial charge >= 0.3 is 0 Å². The van der Waals surface area contributed by atoms with Gasteiger partial charge in [0.25, 0.3) is 10.1 Å². The highest BCUT2D eigenvalue weighted by atomic mass is 32.2. The minimum absolute atomic E-state index is 0.0210. The van der Waals surface area contributed by atoms with Gasteiger partial charge in [0.15, 0.2) is 0 Å². The molecule has 9 heteroatoms. The minimum atomic E-state index is -3.84. The van der Waals surface area contributed by atoms with Crippen molar-refractivity contribution < 1.29 is 26.9 Å². The van der Waals surface area contributed by atoms with Crippen molar-refractivity contribution >= 4 is 21.7 Å². The standard InChI is InChI=1S/C31H32N2O6S.C2H6/c1-23-12-15-28(16-13-23)40(35,36)38-20-8-19-37-30-17-14-24(2)21-26(30)22-33(25(3)34)29-11-7-18-32-31(29)39-27-9-5-4-6-10-27;1-2/h4-7,9-18,21H,8,19-20,22H2,1-3H3;1-2H3. The maximum Gasteiger partial charge on any atom is 0.296 e. The van der Waals surface area contributed by atoms with Crippen LogP contribution in [0, 0.1) is 13.8 Å². The second-order valence-electron chi connectivity index (χ2n) is 9.25. The van der Waals surface area contributed by atoms with E-state index in [-0.39, 0.29) is 30.6 Å². The molecular weight excluding hydrogens is 552 g/mol. The van der Waals surface area contributed by atoms with Gasteiger partial charge in [-0.2, -0.15) is 8.42 Å². The Morgan fingerprint density at radius 1 is 0.857 bits per heavy atom. The Bertz CT molecular complexity index is 1540. The number of pyridine rings is 1. The fraction of sp³-hybridized carbons (Fsp3) is 0.273. The van der Waals surface area contributed by atoms with E-state index in [1.165, 1.54) is 19.1 Å². The summed E-state index contributed by atoms with van der Waals surface area (Å²) in [6, 6.07) is 25.0. The number of hydrogen-bond acceptors (Lipinski definition) is 7. The van der Waals surface area contributed by atoms with Crippen LogP contribution in [0.2, 0.25) is 0 Å². The number of amides is 1. The van der Waals surface area contributed by atoms with Crippen molar-refractivity contribution in [3.8, 4) is 17.4 Å². The van der Waals surface area contributed by atoms with Crippen LogP contribution in [-0.4, -0.2) is 32.5 Å². The number of carbonyl (C=O) groups excluding carboxylic acids is 1. The van der Waals surface area contributed by atoms with Crippen LogP contribution >= 0.6 is 0 Å². The number of aryl methyl sites for hydroxylation is 2. The maximum atomic E-state index is 12.8. The molecule has 0 N–H and O–H groups in total. The molecule has 4 rings (SSSR count). The Labute approximate surface area is 249 Å². The van der Waals surface area contributed by atoms with Crippen molar-refractivity contribution in [3.05, 3.63) is 108 Å². The quantitative estimate of drug-likeness (QED) is 0.127. The molecular formula is C33H38N2O6S. The van der Waals surface area contributed by atoms with Gasteiger partial charge in [0.1, 0.15) is 17.2 Å². The smallest absolute Gasteiger partial charge is 0.296 e. The summed E-state index contributed by atoms with van der Waals surface area (Å²) in [5.74, 6) is 1.32. The van der Waals surface area contributed by atoms with Crippen LogP contribution in [0.5, 0.6) is 17.4 Å². The molecule has 42 heavy (non-hydrogen) atoms. The molecule has 8 nitrogen and oxygen atoms in total. The van der Waals surface area contributed by atoms with E-state index in [1.54, 1.807) is 35.4 Å². The Morgan fingerprint density at radius 2 is 1.55 bits per heavy atom. The van der Waals surface area contributed by atoms with Gasteiger partial charge in [0, 0.05) is 25.1 Å². The highest BCUT2D eigenvalue weighted by molar-refractivity contribution is 7.86. The largest absolute Gasteiger partial charge is 0.493 e. The van der Waals surface area contributed by atoms with E-state index in [4.69, 9.17) is 13.7 Å². The average molecular weight is 591 g/mol. The van der Waals surface area contributed by atoms with Crippen LogP contribution in [0.4, 0.5) is 5.69 Å². The van der Waals surface area contributed by atoms with Gasteiger partial charge < -0.3 is 14.4 Å². The molecule has 0 bridgehead atoms. The van der Waals surface area contributed by atoms with E-state index in [2.05, 4.69) is 4.98 Å². The van der Waals surface area contributed by atoms with Crippen molar-refractivity contribution in [2.45, 2.75) is 52.5 Å². The van der Waals surface area contributed by atoms with Crippen molar-refractivity contribution in [3.63, 3.8) is 0 Å². The molecule has 0 fully saturated rings. The van der Waals surface area contributed by atoms with E-state index < -0.39 is 10.1 Å². The molecule has 0 saturated carbocycles. The summed E-state index contributed by atoms with van der Waals surface area (Å²) in [6.45, 7) is 9.77. The van der Waals surface area contributed by atoms with E-state index >= 15 is 0 Å². The number of aromatic nitrogens is 1. The summed E-state index contributed by atoms with van der Waals surface area (Å²) in [4.78, 5) is 18.9. The number of anilines is 1. The number of nitrogens with zero attached hydrogens (tertiary/aromatic N) is 2. The topological polar surface area (TPSA) is 95.0 Å². The summed E-state index contributed by atoms with van der Waals surface area (Å²) < 4.78 is 42.0. The third-order valence-electron chi connectivity index (χ3n) is 6.02. The summed E-state index contributed by atoms with van der Waals surface area (Å²) in [5.41, 5.74) is 3.29. The van der Waals surface area contributed by atoms with Crippen molar-refractivity contribution in [1.82, 2.24) is 4.98 Å². The molecule has 0 aliphatic heterocycles. The second-order valence-corrected chi connectivity index (χ2v) is 10.9. The number of ether oxygens (including phenoxy) is 2. The average Bonchev–Trinajstić information content (AvgIpc) is 2.99. The SMILES string of the molecule is CC.CC(=O)N(Cc1cc(C)ccc1OCCCOS(=O)(=O)c1ccc(C)cc1)c1cccnc1Oc1ccccc1. The Morgan fingerprint density at radius 3 is 2.24 bits per heavy atom. The molecule has 1 heterocycles. The first-order valence-electron chi connectivity index (χ1n) is 13.9. The molecule has 0 aliphatic carbocycles. The predicted molar refractivity (Wildman–Crippen MR) is 165 cm³/mol. The number of carbonyl (C=O) groups is 1. The Balaban J connectivity index is 0.00000237. The van der Waals surface area contributed by atoms with Gasteiger partial charge in [-0.3, -0.25) is 8.98 Å². The third kappa shape index (κ3) is 9.15. The number of para-hydroxylation sites is 1. The molecule has 0 unspecified atom stereocenters. The lowest BCUT2D eigenvalue weighted by molar-refractivity contribution is -0.116. The maximum absolute atomic E-state index is 12.8. The van der Waals surface area contributed by atoms with Crippen molar-refractivity contribution in [1.29, 1.82) is 0 Å². The fourth-order valence-corrected chi connectivity index (χ4v) is 4.90. The van der Waals surface area contributed by atoms with Crippen LogP contribution in [0.1, 0.15) is 43.9 Å². The molecule has 1 aromatic heterocycles. The minimum Gasteiger partial charge on any atom is -0.493 e. The normalized spacial score (nSPS) is 10.8. The van der Waals surface area contributed by atoms with Crippen LogP contribution in [0.25, 0.3) is 0 Å². The molecule has 0 aliphatic rings. The van der Waals surface area contributed by atoms with E-state index in [9.17, 15) is 13.2 Å². The molecule has 0 radical (unpaired) electrons. The van der Waals surface area contributed by atoms with Gasteiger partial charge in [-0.15, -0.1) is 0 Å². The first-order chi connectivity index (χ1) is 20.2. The second kappa shape index (κ2) is 15.7. The van der Waals surface area contributed by atoms with Gasteiger partial charge in [0.2, 0.25) is 11.8 Å². The lowest BCUT2D eigenvalue weighted by Gasteiger charge is -2.24. The highest BCUT2D eigenvalue weighted by Crippen LogP contribution is 2.32. The molecule has 0 atom stereocenters. The zero-order valence-corrected chi connectivity index (χ0v) is 25.6. The van der Waals surface area contributed by atoms with Crippen molar-refractivity contribution in [2.24, 2.45) is 0 Å². The Kier molecular flexibility index (Phi) is 12.1. The van der Waals surface area contributed by atoms with Gasteiger partial charge in [0.05, 0.1) is 24.7 Å². The zero-order chi connectivity index (χ0) is 30.5. The molecule has 4 aromatic rings. The Hall–Kier alpha value is -4.21. The van der Waals surface area contributed by atoms with Crippen LogP contribution in [0.3, 0.4) is 0 Å². The fourth-order valence-electron chi connectivity index (χ4n) is 3.96. The molecule has 1 amide bonds. The number of benzene rings is 3. The van der Waals surface area contributed by atoms with E-state index in [1.807, 2.05) is 76.2 Å². The monoisotopic (exact) mass is 590 g/mol. The molecule has 3 aromatic carbocycles. The van der Waals surface area contributed by atoms with Gasteiger partial charge in [-0.05, 0) is 56.3 Å². The van der Waals surface area contributed by atoms with Crippen LogP contribution in [0.15, 0.2) is 96.0 Å². The van der Waals surface area contributed by atoms with Gasteiger partial charge in [-0.25, -0.2) is 4.98 Å². The lowest BCUT2D eigenvalue weighted by Crippen LogP contribution is -2.28. The molecule has 222 valence electrons. The molecule has 0 saturated heterocycles. The third-order valence-corrected chi connectivity index (χ3v) is 7.35. The van der Waals surface area contributed by atoms with Crippen molar-refractivity contribution in [2.75, 3.05) is 18.1 Å². The number of hydrogen-bond donors (Lipinski definition) is 0. The first-order valence-corrected chi connectivity index (χ1v) is 15.3. The van der Waals surface area contributed by atoms with E-state index in [0.717, 1.165) is 16.7 Å². The van der Waals surface area contributed by atoms with Gasteiger partial charge in [-0.1, -0.05) is 67.4 Å². The predicted octanol–water partition coefficient (Wildman–Crippen LogP) is 7.24. The summed E-state index contributed by atoms with van der Waals surface area (Å²) in [6.07, 6.45) is 1.97. The summed E-state index contributed by atoms with van der Waals surface area (Å²) in [7, 11) is -3.84. The van der Waals surface area contributed by atoms with Crippen LogP contribution in [-0.2, 0) is 25.6 Å². The number of rotatable bonds is 12. The summed E-state index contributed by atoms with van der Waals surface area (Å²) in [5, 5.41) is 0. The highest BCUT2D eigenvalue weighted by Gasteiger charge is 2.20. The van der Waals surface area contributed by atoms with Crippen LogP contribution < -0.4 is 14.4 Å². The lowest BCUT2D eigenvalue weighted by atomic mass is 10.1.